The SMILES string of the molecule is CC(Nc1ccc(CO)cc1)c1cc(Br)ccc1F. The summed E-state index contributed by atoms with van der Waals surface area (Å²) in [6, 6.07) is 12.2. The first-order chi connectivity index (χ1) is 9.10. The molecule has 0 aromatic heterocycles. The van der Waals surface area contributed by atoms with E-state index < -0.39 is 0 Å². The molecule has 2 N–H and O–H groups in total. The molecule has 0 radical (unpaired) electrons. The van der Waals surface area contributed by atoms with Crippen molar-refractivity contribution in [1.29, 1.82) is 0 Å². The van der Waals surface area contributed by atoms with Gasteiger partial charge in [0.25, 0.3) is 0 Å². The van der Waals surface area contributed by atoms with Crippen LogP contribution >= 0.6 is 15.9 Å². The molecule has 2 nitrogen and oxygen atoms in total. The zero-order chi connectivity index (χ0) is 13.8. The zero-order valence-corrected chi connectivity index (χ0v) is 12.1. The normalized spacial score (nSPS) is 12.2. The molecule has 0 spiro atoms. The highest BCUT2D eigenvalue weighted by atomic mass is 79.9. The van der Waals surface area contributed by atoms with E-state index in [0.29, 0.717) is 5.56 Å². The standard InChI is InChI=1S/C15H15BrFNO/c1-10(14-8-12(16)4-7-15(14)17)18-13-5-2-11(9-19)3-6-13/h2-8,10,18-19H,9H2,1H3. The predicted octanol–water partition coefficient (Wildman–Crippen LogP) is 4.25. The summed E-state index contributed by atoms with van der Waals surface area (Å²) in [5.74, 6) is -0.227. The molecule has 0 fully saturated rings. The maximum atomic E-state index is 13.7. The number of hydrogen-bond donors (Lipinski definition) is 2. The van der Waals surface area contributed by atoms with Gasteiger partial charge < -0.3 is 10.4 Å². The summed E-state index contributed by atoms with van der Waals surface area (Å²) in [4.78, 5) is 0. The number of aliphatic hydroxyl groups excluding tert-OH is 1. The van der Waals surface area contributed by atoms with Gasteiger partial charge in [-0.2, -0.15) is 0 Å². The fraction of sp³-hybridized carbons (Fsp3) is 0.200. The highest BCUT2D eigenvalue weighted by molar-refractivity contribution is 9.10. The molecule has 100 valence electrons. The van der Waals surface area contributed by atoms with Gasteiger partial charge in [-0.25, -0.2) is 4.39 Å². The van der Waals surface area contributed by atoms with Crippen molar-refractivity contribution in [2.24, 2.45) is 0 Å². The molecule has 2 rings (SSSR count). The van der Waals surface area contributed by atoms with Crippen LogP contribution in [0.25, 0.3) is 0 Å². The fourth-order valence-electron chi connectivity index (χ4n) is 1.88. The number of halogens is 2. The van der Waals surface area contributed by atoms with Crippen LogP contribution in [-0.4, -0.2) is 5.11 Å². The van der Waals surface area contributed by atoms with Crippen LogP contribution in [0.1, 0.15) is 24.1 Å². The van der Waals surface area contributed by atoms with E-state index >= 15 is 0 Å². The van der Waals surface area contributed by atoms with Crippen LogP contribution in [0.5, 0.6) is 0 Å². The summed E-state index contributed by atoms with van der Waals surface area (Å²) in [6.45, 7) is 1.93. The maximum absolute atomic E-state index is 13.7. The number of anilines is 1. The summed E-state index contributed by atoms with van der Waals surface area (Å²) in [6.07, 6.45) is 0. The van der Waals surface area contributed by atoms with Gasteiger partial charge in [-0.1, -0.05) is 28.1 Å². The van der Waals surface area contributed by atoms with E-state index in [0.717, 1.165) is 15.7 Å². The van der Waals surface area contributed by atoms with Crippen molar-refractivity contribution < 1.29 is 9.50 Å². The lowest BCUT2D eigenvalue weighted by Crippen LogP contribution is -2.08. The van der Waals surface area contributed by atoms with Crippen LogP contribution in [0, 0.1) is 5.82 Å². The molecular formula is C15H15BrFNO. The van der Waals surface area contributed by atoms with Crippen LogP contribution in [0.4, 0.5) is 10.1 Å². The Labute approximate surface area is 120 Å². The van der Waals surface area contributed by atoms with Crippen LogP contribution in [0.3, 0.4) is 0 Å². The molecule has 0 aliphatic carbocycles. The molecule has 1 atom stereocenters. The Balaban J connectivity index is 2.15. The van der Waals surface area contributed by atoms with E-state index in [1.54, 1.807) is 12.1 Å². The van der Waals surface area contributed by atoms with Gasteiger partial charge >= 0.3 is 0 Å². The molecule has 0 saturated heterocycles. The molecule has 1 unspecified atom stereocenters. The smallest absolute Gasteiger partial charge is 0.128 e. The Morgan fingerprint density at radius 2 is 1.89 bits per heavy atom. The predicted molar refractivity (Wildman–Crippen MR) is 78.5 cm³/mol. The summed E-state index contributed by atoms with van der Waals surface area (Å²) < 4.78 is 14.6. The number of aliphatic hydroxyl groups is 1. The molecule has 0 heterocycles. The third-order valence-corrected chi connectivity index (χ3v) is 3.44. The van der Waals surface area contributed by atoms with E-state index in [2.05, 4.69) is 21.2 Å². The zero-order valence-electron chi connectivity index (χ0n) is 10.5. The molecule has 0 bridgehead atoms. The van der Waals surface area contributed by atoms with Crippen molar-refractivity contribution in [3.05, 3.63) is 63.9 Å². The van der Waals surface area contributed by atoms with E-state index in [-0.39, 0.29) is 18.5 Å². The number of hydrogen-bond acceptors (Lipinski definition) is 2. The topological polar surface area (TPSA) is 32.3 Å². The Bertz CT molecular complexity index is 557. The molecule has 19 heavy (non-hydrogen) atoms. The Hall–Kier alpha value is -1.39. The van der Waals surface area contributed by atoms with Crippen LogP contribution in [-0.2, 0) is 6.61 Å². The van der Waals surface area contributed by atoms with Crippen molar-refractivity contribution >= 4 is 21.6 Å². The van der Waals surface area contributed by atoms with Gasteiger partial charge in [0.05, 0.1) is 12.6 Å². The molecule has 2 aromatic carbocycles. The monoisotopic (exact) mass is 323 g/mol. The largest absolute Gasteiger partial charge is 0.392 e. The number of rotatable bonds is 4. The lowest BCUT2D eigenvalue weighted by Gasteiger charge is -2.17. The third-order valence-electron chi connectivity index (χ3n) is 2.94. The molecular weight excluding hydrogens is 309 g/mol. The summed E-state index contributed by atoms with van der Waals surface area (Å²) in [7, 11) is 0. The summed E-state index contributed by atoms with van der Waals surface area (Å²) >= 11 is 3.35. The molecule has 0 aliphatic heterocycles. The number of benzene rings is 2. The first-order valence-corrected chi connectivity index (χ1v) is 6.80. The Morgan fingerprint density at radius 1 is 1.21 bits per heavy atom. The summed E-state index contributed by atoms with van der Waals surface area (Å²) in [5.41, 5.74) is 2.36. The maximum Gasteiger partial charge on any atom is 0.128 e. The lowest BCUT2D eigenvalue weighted by atomic mass is 10.1. The van der Waals surface area contributed by atoms with Crippen molar-refractivity contribution in [2.45, 2.75) is 19.6 Å². The quantitative estimate of drug-likeness (QED) is 0.881. The van der Waals surface area contributed by atoms with Crippen molar-refractivity contribution in [3.8, 4) is 0 Å². The second-order valence-electron chi connectivity index (χ2n) is 4.39. The van der Waals surface area contributed by atoms with Gasteiger partial charge in [-0.3, -0.25) is 0 Å². The summed E-state index contributed by atoms with van der Waals surface area (Å²) in [5, 5.41) is 12.2. The van der Waals surface area contributed by atoms with E-state index in [1.807, 2.05) is 31.2 Å². The van der Waals surface area contributed by atoms with Crippen LogP contribution in [0.15, 0.2) is 46.9 Å². The van der Waals surface area contributed by atoms with Crippen molar-refractivity contribution in [1.82, 2.24) is 0 Å². The molecule has 0 aliphatic rings. The number of nitrogens with one attached hydrogen (secondary N) is 1. The highest BCUT2D eigenvalue weighted by Gasteiger charge is 2.11. The fourth-order valence-corrected chi connectivity index (χ4v) is 2.26. The van der Waals surface area contributed by atoms with Crippen LogP contribution in [0.2, 0.25) is 0 Å². The van der Waals surface area contributed by atoms with E-state index in [9.17, 15) is 4.39 Å². The Morgan fingerprint density at radius 3 is 2.53 bits per heavy atom. The van der Waals surface area contributed by atoms with Gasteiger partial charge in [0.15, 0.2) is 0 Å². The minimum absolute atomic E-state index is 0.0239. The second kappa shape index (κ2) is 6.17. The first kappa shape index (κ1) is 14.0. The van der Waals surface area contributed by atoms with Gasteiger partial charge in [-0.15, -0.1) is 0 Å². The molecule has 4 heteroatoms. The van der Waals surface area contributed by atoms with Crippen molar-refractivity contribution in [2.75, 3.05) is 5.32 Å². The molecule has 0 saturated carbocycles. The minimum Gasteiger partial charge on any atom is -0.392 e. The van der Waals surface area contributed by atoms with Crippen LogP contribution < -0.4 is 5.32 Å². The van der Waals surface area contributed by atoms with Gasteiger partial charge in [0, 0.05) is 15.7 Å². The van der Waals surface area contributed by atoms with Gasteiger partial charge in [-0.05, 0) is 42.8 Å². The average molecular weight is 324 g/mol. The van der Waals surface area contributed by atoms with E-state index in [1.165, 1.54) is 6.07 Å². The Kier molecular flexibility index (Phi) is 4.56. The van der Waals surface area contributed by atoms with Gasteiger partial charge in [0.2, 0.25) is 0 Å². The van der Waals surface area contributed by atoms with E-state index in [4.69, 9.17) is 5.11 Å². The minimum atomic E-state index is -0.227. The second-order valence-corrected chi connectivity index (χ2v) is 5.30. The lowest BCUT2D eigenvalue weighted by molar-refractivity contribution is 0.282. The average Bonchev–Trinajstić information content (AvgIpc) is 2.42. The first-order valence-electron chi connectivity index (χ1n) is 6.01. The van der Waals surface area contributed by atoms with Gasteiger partial charge in [0.1, 0.15) is 5.82 Å². The van der Waals surface area contributed by atoms with Crippen molar-refractivity contribution in [3.63, 3.8) is 0 Å². The molecule has 2 aromatic rings. The molecule has 0 amide bonds. The third kappa shape index (κ3) is 3.55. The highest BCUT2D eigenvalue weighted by Crippen LogP contribution is 2.24.